The van der Waals surface area contributed by atoms with Gasteiger partial charge in [0.2, 0.25) is 0 Å². The van der Waals surface area contributed by atoms with Crippen LogP contribution in [0.15, 0.2) is 29.6 Å². The molecule has 0 spiro atoms. The lowest BCUT2D eigenvalue weighted by Gasteiger charge is -2.04. The lowest BCUT2D eigenvalue weighted by atomic mass is 10.1. The van der Waals surface area contributed by atoms with E-state index in [1.54, 1.807) is 23.5 Å². The molecule has 1 heterocycles. The predicted octanol–water partition coefficient (Wildman–Crippen LogP) is 3.00. The molecule has 0 amide bonds. The number of benzene rings is 1. The molecule has 1 unspecified atom stereocenters. The number of aromatic nitrogens is 1. The molecule has 6 heteroatoms. The molecular formula is C12H13N3O2S. The van der Waals surface area contributed by atoms with Gasteiger partial charge in [0.05, 0.1) is 16.7 Å². The van der Waals surface area contributed by atoms with Crippen molar-refractivity contribution in [3.8, 4) is 11.3 Å². The maximum absolute atomic E-state index is 10.6. The first-order valence-corrected chi connectivity index (χ1v) is 6.37. The average molecular weight is 263 g/mol. The Balaban J connectivity index is 2.26. The number of thiazole rings is 1. The molecule has 0 aliphatic rings. The number of hydrogen-bond donors (Lipinski definition) is 1. The van der Waals surface area contributed by atoms with Gasteiger partial charge in [-0.3, -0.25) is 10.1 Å². The second-order valence-corrected chi connectivity index (χ2v) is 4.78. The van der Waals surface area contributed by atoms with E-state index in [9.17, 15) is 10.1 Å². The summed E-state index contributed by atoms with van der Waals surface area (Å²) < 4.78 is 0. The molecule has 2 rings (SSSR count). The molecule has 0 bridgehead atoms. The Kier molecular flexibility index (Phi) is 3.69. The van der Waals surface area contributed by atoms with E-state index in [1.807, 2.05) is 19.4 Å². The van der Waals surface area contributed by atoms with Gasteiger partial charge in [0, 0.05) is 23.1 Å². The maximum atomic E-state index is 10.6. The molecule has 0 aliphatic carbocycles. The van der Waals surface area contributed by atoms with E-state index in [2.05, 4.69) is 10.3 Å². The molecule has 2 aromatic rings. The maximum Gasteiger partial charge on any atom is 0.269 e. The topological polar surface area (TPSA) is 68.1 Å². The summed E-state index contributed by atoms with van der Waals surface area (Å²) in [6.07, 6.45) is 0. The molecule has 5 nitrogen and oxygen atoms in total. The number of nitrogens with one attached hydrogen (secondary N) is 1. The Morgan fingerprint density at radius 3 is 2.61 bits per heavy atom. The van der Waals surface area contributed by atoms with Crippen LogP contribution in [0.1, 0.15) is 18.0 Å². The van der Waals surface area contributed by atoms with Gasteiger partial charge < -0.3 is 5.32 Å². The molecule has 0 fully saturated rings. The van der Waals surface area contributed by atoms with Gasteiger partial charge >= 0.3 is 0 Å². The first kappa shape index (κ1) is 12.7. The highest BCUT2D eigenvalue weighted by molar-refractivity contribution is 7.10. The molecule has 1 N–H and O–H groups in total. The monoisotopic (exact) mass is 263 g/mol. The van der Waals surface area contributed by atoms with Gasteiger partial charge in [-0.2, -0.15) is 0 Å². The summed E-state index contributed by atoms with van der Waals surface area (Å²) in [6.45, 7) is 2.04. The summed E-state index contributed by atoms with van der Waals surface area (Å²) in [5.74, 6) is 0. The molecule has 1 atom stereocenters. The van der Waals surface area contributed by atoms with Crippen molar-refractivity contribution in [1.29, 1.82) is 0 Å². The van der Waals surface area contributed by atoms with Crippen LogP contribution in [0.4, 0.5) is 5.69 Å². The Hall–Kier alpha value is -1.79. The first-order valence-electron chi connectivity index (χ1n) is 5.49. The minimum atomic E-state index is -0.403. The highest BCUT2D eigenvalue weighted by atomic mass is 32.1. The van der Waals surface area contributed by atoms with Crippen molar-refractivity contribution in [3.05, 3.63) is 44.8 Å². The van der Waals surface area contributed by atoms with Gasteiger partial charge in [-0.25, -0.2) is 4.98 Å². The number of hydrogen-bond acceptors (Lipinski definition) is 5. The zero-order valence-corrected chi connectivity index (χ0v) is 10.9. The molecule has 18 heavy (non-hydrogen) atoms. The average Bonchev–Trinajstić information content (AvgIpc) is 2.87. The van der Waals surface area contributed by atoms with Crippen LogP contribution in [0.5, 0.6) is 0 Å². The predicted molar refractivity (Wildman–Crippen MR) is 71.7 cm³/mol. The highest BCUT2D eigenvalue weighted by Gasteiger charge is 2.10. The van der Waals surface area contributed by atoms with Gasteiger partial charge in [-0.15, -0.1) is 11.3 Å². The normalized spacial score (nSPS) is 12.3. The van der Waals surface area contributed by atoms with Crippen LogP contribution < -0.4 is 5.32 Å². The summed E-state index contributed by atoms with van der Waals surface area (Å²) in [7, 11) is 1.89. The Labute approximate surface area is 109 Å². The lowest BCUT2D eigenvalue weighted by Crippen LogP contribution is -2.11. The summed E-state index contributed by atoms with van der Waals surface area (Å²) in [4.78, 5) is 14.7. The highest BCUT2D eigenvalue weighted by Crippen LogP contribution is 2.26. The molecule has 0 aliphatic heterocycles. The van der Waals surface area contributed by atoms with Crippen molar-refractivity contribution in [3.63, 3.8) is 0 Å². The van der Waals surface area contributed by atoms with Crippen molar-refractivity contribution < 1.29 is 4.92 Å². The molecule has 94 valence electrons. The van der Waals surface area contributed by atoms with Crippen molar-refractivity contribution >= 4 is 17.0 Å². The van der Waals surface area contributed by atoms with Gasteiger partial charge in [0.1, 0.15) is 5.01 Å². The number of nitro benzene ring substituents is 1. The number of non-ortho nitro benzene ring substituents is 1. The minimum absolute atomic E-state index is 0.0952. The van der Waals surface area contributed by atoms with E-state index >= 15 is 0 Å². The third kappa shape index (κ3) is 2.55. The van der Waals surface area contributed by atoms with Crippen LogP contribution in [0.2, 0.25) is 0 Å². The summed E-state index contributed by atoms with van der Waals surface area (Å²) in [5.41, 5.74) is 1.84. The van der Waals surface area contributed by atoms with Gasteiger partial charge in [-0.05, 0) is 26.1 Å². The number of nitro groups is 1. The standard InChI is InChI=1S/C12H13N3O2S/c1-8(13-2)12-14-11(7-18-12)9-3-5-10(6-4-9)15(16)17/h3-8,13H,1-2H3. The van der Waals surface area contributed by atoms with Crippen molar-refractivity contribution in [1.82, 2.24) is 10.3 Å². The molecule has 1 aromatic carbocycles. The van der Waals surface area contributed by atoms with Crippen LogP contribution in [-0.4, -0.2) is 17.0 Å². The van der Waals surface area contributed by atoms with E-state index in [0.717, 1.165) is 16.3 Å². The number of nitrogens with zero attached hydrogens (tertiary/aromatic N) is 2. The smallest absolute Gasteiger partial charge is 0.269 e. The van der Waals surface area contributed by atoms with Gasteiger partial charge in [0.15, 0.2) is 0 Å². The Morgan fingerprint density at radius 2 is 2.06 bits per heavy atom. The van der Waals surface area contributed by atoms with Crippen molar-refractivity contribution in [2.45, 2.75) is 13.0 Å². The summed E-state index contributed by atoms with van der Waals surface area (Å²) >= 11 is 1.58. The van der Waals surface area contributed by atoms with E-state index < -0.39 is 4.92 Å². The molecule has 0 saturated carbocycles. The zero-order chi connectivity index (χ0) is 13.1. The Bertz CT molecular complexity index is 551. The second kappa shape index (κ2) is 5.24. The van der Waals surface area contributed by atoms with E-state index in [-0.39, 0.29) is 11.7 Å². The van der Waals surface area contributed by atoms with Crippen LogP contribution in [-0.2, 0) is 0 Å². The SMILES string of the molecule is CNC(C)c1nc(-c2ccc([N+](=O)[O-])cc2)cs1. The fraction of sp³-hybridized carbons (Fsp3) is 0.250. The fourth-order valence-electron chi connectivity index (χ4n) is 1.50. The largest absolute Gasteiger partial charge is 0.311 e. The van der Waals surface area contributed by atoms with Crippen LogP contribution in [0.3, 0.4) is 0 Å². The zero-order valence-electron chi connectivity index (χ0n) is 10.1. The minimum Gasteiger partial charge on any atom is -0.311 e. The van der Waals surface area contributed by atoms with Gasteiger partial charge in [0.25, 0.3) is 5.69 Å². The Morgan fingerprint density at radius 1 is 1.39 bits per heavy atom. The first-order chi connectivity index (χ1) is 8.61. The lowest BCUT2D eigenvalue weighted by molar-refractivity contribution is -0.384. The van der Waals surface area contributed by atoms with E-state index in [0.29, 0.717) is 0 Å². The van der Waals surface area contributed by atoms with Crippen LogP contribution in [0, 0.1) is 10.1 Å². The number of rotatable bonds is 4. The molecular weight excluding hydrogens is 250 g/mol. The third-order valence-electron chi connectivity index (χ3n) is 2.70. The van der Waals surface area contributed by atoms with E-state index in [1.165, 1.54) is 12.1 Å². The quantitative estimate of drug-likeness (QED) is 0.680. The molecule has 0 radical (unpaired) electrons. The van der Waals surface area contributed by atoms with Crippen molar-refractivity contribution in [2.24, 2.45) is 0 Å². The fourth-order valence-corrected chi connectivity index (χ4v) is 2.39. The van der Waals surface area contributed by atoms with Gasteiger partial charge in [-0.1, -0.05) is 0 Å². The van der Waals surface area contributed by atoms with Crippen LogP contribution >= 0.6 is 11.3 Å². The second-order valence-electron chi connectivity index (χ2n) is 3.89. The summed E-state index contributed by atoms with van der Waals surface area (Å²) in [6, 6.07) is 6.65. The summed E-state index contributed by atoms with van der Waals surface area (Å²) in [5, 5.41) is 16.7. The van der Waals surface area contributed by atoms with Crippen LogP contribution in [0.25, 0.3) is 11.3 Å². The molecule has 0 saturated heterocycles. The van der Waals surface area contributed by atoms with E-state index in [4.69, 9.17) is 0 Å². The third-order valence-corrected chi connectivity index (χ3v) is 3.73. The molecule has 1 aromatic heterocycles. The van der Waals surface area contributed by atoms with Crippen molar-refractivity contribution in [2.75, 3.05) is 7.05 Å².